The number of halogens is 1. The average molecular weight is 484 g/mol. The second-order valence-corrected chi connectivity index (χ2v) is 9.27. The van der Waals surface area contributed by atoms with Crippen molar-refractivity contribution < 1.29 is 18.7 Å². The second-order valence-electron chi connectivity index (χ2n) is 8.29. The number of hydrogen-bond acceptors (Lipinski definition) is 6. The van der Waals surface area contributed by atoms with Crippen LogP contribution in [0.5, 0.6) is 11.5 Å². The molecule has 1 amide bonds. The van der Waals surface area contributed by atoms with Crippen LogP contribution in [0.15, 0.2) is 60.0 Å². The van der Waals surface area contributed by atoms with Crippen molar-refractivity contribution in [1.29, 1.82) is 0 Å². The Morgan fingerprint density at radius 1 is 1.00 bits per heavy atom. The summed E-state index contributed by atoms with van der Waals surface area (Å²) in [5.74, 6) is 0.733. The minimum Gasteiger partial charge on any atom is -0.493 e. The summed E-state index contributed by atoms with van der Waals surface area (Å²) in [5.41, 5.74) is 1.55. The molecule has 0 aliphatic carbocycles. The van der Waals surface area contributed by atoms with Gasteiger partial charge in [0.05, 0.1) is 20.3 Å². The van der Waals surface area contributed by atoms with Gasteiger partial charge in [-0.05, 0) is 60.8 Å². The van der Waals surface area contributed by atoms with Gasteiger partial charge in [-0.1, -0.05) is 6.07 Å². The number of piperazine rings is 1. The van der Waals surface area contributed by atoms with Crippen LogP contribution in [0.4, 0.5) is 10.1 Å². The van der Waals surface area contributed by atoms with Crippen LogP contribution >= 0.6 is 11.3 Å². The number of hydrogen-bond donors (Lipinski definition) is 1. The van der Waals surface area contributed by atoms with Crippen LogP contribution in [0.2, 0.25) is 0 Å². The van der Waals surface area contributed by atoms with E-state index in [1.165, 1.54) is 17.0 Å². The lowest BCUT2D eigenvalue weighted by atomic mass is 10.0. The zero-order chi connectivity index (χ0) is 24.1. The topological polar surface area (TPSA) is 54.0 Å². The van der Waals surface area contributed by atoms with Crippen molar-refractivity contribution >= 4 is 22.9 Å². The summed E-state index contributed by atoms with van der Waals surface area (Å²) in [6.07, 6.45) is 0. The van der Waals surface area contributed by atoms with Crippen LogP contribution in [0.3, 0.4) is 0 Å². The van der Waals surface area contributed by atoms with Gasteiger partial charge in [-0.15, -0.1) is 11.3 Å². The number of carbonyl (C=O) groups excluding carboxylic acids is 1. The monoisotopic (exact) mass is 483 g/mol. The molecule has 1 N–H and O–H groups in total. The molecule has 180 valence electrons. The molecule has 3 aromatic rings. The van der Waals surface area contributed by atoms with Crippen LogP contribution in [0.25, 0.3) is 0 Å². The first-order valence-electron chi connectivity index (χ1n) is 11.3. The highest BCUT2D eigenvalue weighted by molar-refractivity contribution is 7.10. The summed E-state index contributed by atoms with van der Waals surface area (Å²) in [7, 11) is 3.13. The lowest BCUT2D eigenvalue weighted by Crippen LogP contribution is -2.52. The molecule has 1 aromatic heterocycles. The summed E-state index contributed by atoms with van der Waals surface area (Å²) in [6.45, 7) is 5.41. The number of carbonyl (C=O) groups is 1. The van der Waals surface area contributed by atoms with Crippen molar-refractivity contribution in [2.75, 3.05) is 45.3 Å². The maximum atomic E-state index is 13.3. The van der Waals surface area contributed by atoms with Gasteiger partial charge in [0.25, 0.3) is 5.91 Å². The van der Waals surface area contributed by atoms with Gasteiger partial charge >= 0.3 is 0 Å². The highest BCUT2D eigenvalue weighted by Crippen LogP contribution is 2.31. The third-order valence-electron chi connectivity index (χ3n) is 6.21. The van der Waals surface area contributed by atoms with E-state index < -0.39 is 0 Å². The number of amides is 1. The number of benzene rings is 2. The molecule has 1 aliphatic rings. The number of thiophene rings is 1. The van der Waals surface area contributed by atoms with Crippen LogP contribution in [-0.4, -0.2) is 57.2 Å². The normalized spacial score (nSPS) is 16.1. The van der Waals surface area contributed by atoms with E-state index in [2.05, 4.69) is 33.5 Å². The van der Waals surface area contributed by atoms with E-state index in [-0.39, 0.29) is 23.8 Å². The molecule has 2 atom stereocenters. The molecule has 0 unspecified atom stereocenters. The number of ether oxygens (including phenoxy) is 2. The number of rotatable bonds is 8. The minimum absolute atomic E-state index is 0.0551. The Hall–Kier alpha value is -3.10. The van der Waals surface area contributed by atoms with Crippen molar-refractivity contribution in [2.24, 2.45) is 0 Å². The number of anilines is 1. The predicted octanol–water partition coefficient (Wildman–Crippen LogP) is 4.59. The molecule has 34 heavy (non-hydrogen) atoms. The number of nitrogens with zero attached hydrogens (tertiary/aromatic N) is 2. The minimum atomic E-state index is -0.223. The number of nitrogens with one attached hydrogen (secondary N) is 1. The third-order valence-corrected chi connectivity index (χ3v) is 7.16. The van der Waals surface area contributed by atoms with E-state index in [4.69, 9.17) is 9.47 Å². The molecule has 0 saturated carbocycles. The fraction of sp³-hybridized carbons (Fsp3) is 0.346. The lowest BCUT2D eigenvalue weighted by Gasteiger charge is -2.42. The molecule has 0 radical (unpaired) electrons. The Morgan fingerprint density at radius 2 is 1.71 bits per heavy atom. The first-order chi connectivity index (χ1) is 16.5. The average Bonchev–Trinajstić information content (AvgIpc) is 3.39. The summed E-state index contributed by atoms with van der Waals surface area (Å²) in [4.78, 5) is 19.0. The van der Waals surface area contributed by atoms with E-state index in [1.54, 1.807) is 43.8 Å². The summed E-state index contributed by atoms with van der Waals surface area (Å²) >= 11 is 1.70. The molecule has 2 heterocycles. The van der Waals surface area contributed by atoms with Gasteiger partial charge in [0.1, 0.15) is 5.82 Å². The first-order valence-corrected chi connectivity index (χ1v) is 12.2. The smallest absolute Gasteiger partial charge is 0.251 e. The predicted molar refractivity (Wildman–Crippen MR) is 134 cm³/mol. The molecule has 0 spiro atoms. The Labute approximate surface area is 203 Å². The Kier molecular flexibility index (Phi) is 7.70. The Morgan fingerprint density at radius 3 is 2.32 bits per heavy atom. The fourth-order valence-electron chi connectivity index (χ4n) is 4.46. The molecule has 4 rings (SSSR count). The molecule has 2 aromatic carbocycles. The maximum Gasteiger partial charge on any atom is 0.251 e. The van der Waals surface area contributed by atoms with Gasteiger partial charge in [-0.2, -0.15) is 0 Å². The summed E-state index contributed by atoms with van der Waals surface area (Å²) < 4.78 is 23.9. The molecule has 1 aliphatic heterocycles. The largest absolute Gasteiger partial charge is 0.493 e. The molecule has 1 fully saturated rings. The molecular formula is C26H30FN3O3S. The SMILES string of the molecule is COc1ccc(C(=O)N[C@@H](C)[C@@H](c2cccs2)N2CCN(c3ccc(F)cc3)CC2)cc1OC. The van der Waals surface area contributed by atoms with E-state index >= 15 is 0 Å². The van der Waals surface area contributed by atoms with Crippen molar-refractivity contribution in [3.63, 3.8) is 0 Å². The van der Waals surface area contributed by atoms with Crippen molar-refractivity contribution in [3.05, 3.63) is 76.2 Å². The van der Waals surface area contributed by atoms with Crippen LogP contribution in [0.1, 0.15) is 28.2 Å². The third kappa shape index (κ3) is 5.34. The van der Waals surface area contributed by atoms with E-state index in [9.17, 15) is 9.18 Å². The highest BCUT2D eigenvalue weighted by atomic mass is 32.1. The zero-order valence-electron chi connectivity index (χ0n) is 19.7. The first kappa shape index (κ1) is 24.0. The standard InChI is InChI=1S/C26H30FN3O3S/c1-18(28-26(31)19-6-11-22(32-2)23(17-19)33-3)25(24-5-4-16-34-24)30-14-12-29(13-15-30)21-9-7-20(27)8-10-21/h4-11,16-18,25H,12-15H2,1-3H3,(H,28,31)/t18-,25-/m0/s1. The Bertz CT molecular complexity index is 1080. The van der Waals surface area contributed by atoms with Crippen LogP contribution < -0.4 is 19.7 Å². The van der Waals surface area contributed by atoms with E-state index in [0.717, 1.165) is 31.9 Å². The lowest BCUT2D eigenvalue weighted by molar-refractivity contribution is 0.0890. The molecule has 8 heteroatoms. The van der Waals surface area contributed by atoms with Crippen molar-refractivity contribution in [1.82, 2.24) is 10.2 Å². The zero-order valence-corrected chi connectivity index (χ0v) is 20.5. The van der Waals surface area contributed by atoms with Crippen molar-refractivity contribution in [3.8, 4) is 11.5 Å². The maximum absolute atomic E-state index is 13.3. The molecular weight excluding hydrogens is 453 g/mol. The van der Waals surface area contributed by atoms with Gasteiger partial charge in [0, 0.05) is 48.3 Å². The van der Waals surface area contributed by atoms with Gasteiger partial charge in [-0.3, -0.25) is 9.69 Å². The second kappa shape index (κ2) is 10.9. The summed E-state index contributed by atoms with van der Waals surface area (Å²) in [6, 6.07) is 15.9. The van der Waals surface area contributed by atoms with E-state index in [1.807, 2.05) is 18.2 Å². The van der Waals surface area contributed by atoms with Gasteiger partial charge in [0.15, 0.2) is 11.5 Å². The van der Waals surface area contributed by atoms with Gasteiger partial charge < -0.3 is 19.7 Å². The highest BCUT2D eigenvalue weighted by Gasteiger charge is 2.31. The van der Waals surface area contributed by atoms with Gasteiger partial charge in [0.2, 0.25) is 0 Å². The summed E-state index contributed by atoms with van der Waals surface area (Å²) in [5, 5.41) is 5.26. The molecule has 1 saturated heterocycles. The van der Waals surface area contributed by atoms with Crippen LogP contribution in [0, 0.1) is 5.82 Å². The van der Waals surface area contributed by atoms with Gasteiger partial charge in [-0.25, -0.2) is 4.39 Å². The van der Waals surface area contributed by atoms with E-state index in [0.29, 0.717) is 17.1 Å². The van der Waals surface area contributed by atoms with Crippen LogP contribution in [-0.2, 0) is 0 Å². The molecule has 0 bridgehead atoms. The molecule has 6 nitrogen and oxygen atoms in total. The Balaban J connectivity index is 1.46. The quantitative estimate of drug-likeness (QED) is 0.508. The van der Waals surface area contributed by atoms with Crippen molar-refractivity contribution in [2.45, 2.75) is 19.0 Å². The fourth-order valence-corrected chi connectivity index (χ4v) is 5.42. The number of methoxy groups -OCH3 is 2.